The number of hydrogen-bond donors (Lipinski definition) is 1. The van der Waals surface area contributed by atoms with Crippen LogP contribution in [-0.4, -0.2) is 21.6 Å². The second-order valence-electron chi connectivity index (χ2n) is 6.39. The summed E-state index contributed by atoms with van der Waals surface area (Å²) in [6.07, 6.45) is 7.89. The molecule has 2 aromatic heterocycles. The molecular weight excluding hydrogens is 362 g/mol. The number of anilines is 1. The summed E-state index contributed by atoms with van der Waals surface area (Å²) in [5.41, 5.74) is 8.39. The summed E-state index contributed by atoms with van der Waals surface area (Å²) in [5.74, 6) is -0.240. The number of ether oxygens (including phenoxy) is 1. The van der Waals surface area contributed by atoms with Crippen molar-refractivity contribution in [2.24, 2.45) is 0 Å². The molecule has 1 aliphatic carbocycles. The number of imidazole rings is 1. The van der Waals surface area contributed by atoms with Gasteiger partial charge in [-0.1, -0.05) is 18.2 Å². The highest BCUT2D eigenvalue weighted by Gasteiger charge is 2.25. The van der Waals surface area contributed by atoms with Crippen molar-refractivity contribution in [2.75, 3.05) is 12.8 Å². The van der Waals surface area contributed by atoms with Crippen LogP contribution in [-0.2, 0) is 0 Å². The quantitative estimate of drug-likeness (QED) is 0.702. The Kier molecular flexibility index (Phi) is 4.65. The number of pyridine rings is 1. The molecule has 0 saturated carbocycles. The van der Waals surface area contributed by atoms with Gasteiger partial charge in [0.25, 0.3) is 0 Å². The first kappa shape index (κ1) is 17.9. The number of aromatic nitrogens is 3. The Morgan fingerprint density at radius 1 is 1.14 bits per heavy atom. The third-order valence-electron chi connectivity index (χ3n) is 4.73. The van der Waals surface area contributed by atoms with Crippen LogP contribution in [0.2, 0.25) is 0 Å². The molecule has 7 heteroatoms. The molecular formula is C21H18F2N4O. The van der Waals surface area contributed by atoms with Gasteiger partial charge in [0, 0.05) is 24.2 Å². The van der Waals surface area contributed by atoms with E-state index in [0.717, 1.165) is 23.0 Å². The maximum atomic E-state index is 14.4. The van der Waals surface area contributed by atoms with Crippen LogP contribution >= 0.6 is 0 Å². The van der Waals surface area contributed by atoms with Crippen LogP contribution in [0.1, 0.15) is 12.5 Å². The predicted molar refractivity (Wildman–Crippen MR) is 104 cm³/mol. The van der Waals surface area contributed by atoms with Gasteiger partial charge in [0.15, 0.2) is 11.7 Å². The molecule has 0 saturated heterocycles. The summed E-state index contributed by atoms with van der Waals surface area (Å²) in [4.78, 5) is 8.60. The number of nitrogens with zero attached hydrogens (tertiary/aromatic N) is 3. The number of benzene rings is 1. The maximum Gasteiger partial charge on any atom is 0.159 e. The van der Waals surface area contributed by atoms with Gasteiger partial charge >= 0.3 is 0 Å². The first-order valence-electron chi connectivity index (χ1n) is 8.73. The molecule has 3 aromatic rings. The predicted octanol–water partition coefficient (Wildman–Crippen LogP) is 4.85. The monoisotopic (exact) mass is 380 g/mol. The lowest BCUT2D eigenvalue weighted by molar-refractivity contribution is 0.415. The van der Waals surface area contributed by atoms with E-state index in [9.17, 15) is 8.78 Å². The number of nitrogen functional groups attached to an aromatic ring is 1. The minimum atomic E-state index is -0.867. The number of nitrogens with two attached hydrogens (primary N) is 1. The Hall–Kier alpha value is -3.48. The first-order valence-corrected chi connectivity index (χ1v) is 8.73. The number of hydrogen-bond acceptors (Lipinski definition) is 4. The van der Waals surface area contributed by atoms with Gasteiger partial charge in [0.1, 0.15) is 17.4 Å². The molecule has 1 unspecified atom stereocenters. The molecule has 1 aromatic carbocycles. The maximum absolute atomic E-state index is 14.4. The molecule has 0 aliphatic heterocycles. The Labute approximate surface area is 160 Å². The van der Waals surface area contributed by atoms with E-state index >= 15 is 0 Å². The molecule has 0 fully saturated rings. The van der Waals surface area contributed by atoms with Gasteiger partial charge in [0.05, 0.1) is 18.7 Å². The second-order valence-corrected chi connectivity index (χ2v) is 6.39. The highest BCUT2D eigenvalue weighted by atomic mass is 19.2. The van der Waals surface area contributed by atoms with Crippen LogP contribution in [0, 0.1) is 0 Å². The Bertz CT molecular complexity index is 1070. The zero-order valence-corrected chi connectivity index (χ0v) is 15.1. The lowest BCUT2D eigenvalue weighted by atomic mass is 10.0. The number of methoxy groups -OCH3 is 1. The van der Waals surface area contributed by atoms with Crippen molar-refractivity contribution in [3.63, 3.8) is 0 Å². The molecule has 0 amide bonds. The van der Waals surface area contributed by atoms with E-state index in [1.54, 1.807) is 36.3 Å². The van der Waals surface area contributed by atoms with Gasteiger partial charge in [-0.15, -0.1) is 0 Å². The third-order valence-corrected chi connectivity index (χ3v) is 4.73. The molecule has 0 spiro atoms. The summed E-state index contributed by atoms with van der Waals surface area (Å²) < 4.78 is 34.8. The topological polar surface area (TPSA) is 66.0 Å². The normalized spacial score (nSPS) is 16.5. The van der Waals surface area contributed by atoms with Crippen molar-refractivity contribution in [3.05, 3.63) is 72.7 Å². The summed E-state index contributed by atoms with van der Waals surface area (Å²) in [6, 6.07) is 8.57. The molecule has 2 heterocycles. The molecule has 2 N–H and O–H groups in total. The minimum absolute atomic E-state index is 0.265. The van der Waals surface area contributed by atoms with Gasteiger partial charge in [-0.2, -0.15) is 0 Å². The lowest BCUT2D eigenvalue weighted by Crippen LogP contribution is -2.13. The minimum Gasteiger partial charge on any atom is -0.497 e. The van der Waals surface area contributed by atoms with Gasteiger partial charge < -0.3 is 15.0 Å². The first-order chi connectivity index (χ1) is 13.6. The summed E-state index contributed by atoms with van der Waals surface area (Å²) in [6.45, 7) is 0. The average Bonchev–Trinajstić information content (AvgIpc) is 3.20. The SMILES string of the molecule is COc1ccc(-c2cnc(N)c(-c3nccn3C3CC=CC(F)=C3F)c2)cc1. The van der Waals surface area contributed by atoms with Gasteiger partial charge in [-0.05, 0) is 36.3 Å². The van der Waals surface area contributed by atoms with Crippen LogP contribution in [0.15, 0.2) is 72.7 Å². The third kappa shape index (κ3) is 3.15. The molecule has 5 nitrogen and oxygen atoms in total. The Morgan fingerprint density at radius 2 is 1.93 bits per heavy atom. The van der Waals surface area contributed by atoms with Crippen molar-refractivity contribution in [1.29, 1.82) is 0 Å². The van der Waals surface area contributed by atoms with Crippen molar-refractivity contribution in [3.8, 4) is 28.3 Å². The van der Waals surface area contributed by atoms with Crippen molar-refractivity contribution >= 4 is 5.82 Å². The summed E-state index contributed by atoms with van der Waals surface area (Å²) in [7, 11) is 1.61. The molecule has 142 valence electrons. The van der Waals surface area contributed by atoms with Crippen LogP contribution < -0.4 is 10.5 Å². The van der Waals surface area contributed by atoms with E-state index in [1.807, 2.05) is 30.3 Å². The lowest BCUT2D eigenvalue weighted by Gasteiger charge is -2.21. The zero-order chi connectivity index (χ0) is 19.7. The van der Waals surface area contributed by atoms with Gasteiger partial charge in [-0.3, -0.25) is 0 Å². The van der Waals surface area contributed by atoms with Crippen LogP contribution in [0.4, 0.5) is 14.6 Å². The average molecular weight is 380 g/mol. The summed E-state index contributed by atoms with van der Waals surface area (Å²) >= 11 is 0. The number of halogens is 2. The van der Waals surface area contributed by atoms with E-state index in [1.165, 1.54) is 0 Å². The zero-order valence-electron chi connectivity index (χ0n) is 15.1. The Balaban J connectivity index is 1.76. The van der Waals surface area contributed by atoms with Crippen molar-refractivity contribution < 1.29 is 13.5 Å². The molecule has 28 heavy (non-hydrogen) atoms. The van der Waals surface area contributed by atoms with Crippen LogP contribution in [0.3, 0.4) is 0 Å². The van der Waals surface area contributed by atoms with E-state index in [-0.39, 0.29) is 5.82 Å². The highest BCUT2D eigenvalue weighted by Crippen LogP contribution is 2.36. The Morgan fingerprint density at radius 3 is 2.68 bits per heavy atom. The van der Waals surface area contributed by atoms with Crippen LogP contribution in [0.5, 0.6) is 5.75 Å². The molecule has 1 aliphatic rings. The molecule has 4 rings (SSSR count). The number of rotatable bonds is 4. The number of allylic oxidation sites excluding steroid dienone is 4. The second kappa shape index (κ2) is 7.26. The van der Waals surface area contributed by atoms with E-state index in [0.29, 0.717) is 17.8 Å². The summed E-state index contributed by atoms with van der Waals surface area (Å²) in [5, 5.41) is 0. The van der Waals surface area contributed by atoms with Gasteiger partial charge in [0.2, 0.25) is 0 Å². The smallest absolute Gasteiger partial charge is 0.159 e. The van der Waals surface area contributed by atoms with E-state index in [2.05, 4.69) is 9.97 Å². The largest absolute Gasteiger partial charge is 0.497 e. The molecule has 1 atom stereocenters. The van der Waals surface area contributed by atoms with E-state index < -0.39 is 17.7 Å². The van der Waals surface area contributed by atoms with E-state index in [4.69, 9.17) is 10.5 Å². The fraction of sp³-hybridized carbons (Fsp3) is 0.143. The fourth-order valence-electron chi connectivity index (χ4n) is 3.25. The standard InChI is InChI=1S/C21H18F2N4O/c1-28-15-7-5-13(6-8-15)14-11-16(20(24)26-12-14)21-25-9-10-27(21)18-4-2-3-17(22)19(18)23/h2-3,5-12,18H,4H2,1H3,(H2,24,26). The van der Waals surface area contributed by atoms with Crippen molar-refractivity contribution in [1.82, 2.24) is 14.5 Å². The van der Waals surface area contributed by atoms with Crippen LogP contribution in [0.25, 0.3) is 22.5 Å². The molecule has 0 bridgehead atoms. The van der Waals surface area contributed by atoms with Crippen molar-refractivity contribution in [2.45, 2.75) is 12.5 Å². The van der Waals surface area contributed by atoms with Gasteiger partial charge in [-0.25, -0.2) is 18.7 Å². The fourth-order valence-corrected chi connectivity index (χ4v) is 3.25. The highest BCUT2D eigenvalue weighted by molar-refractivity contribution is 5.76. The molecule has 0 radical (unpaired) electrons.